The molecule has 6 heteroatoms. The van der Waals surface area contributed by atoms with E-state index in [-0.39, 0.29) is 12.3 Å². The Balaban J connectivity index is 1.76. The molecule has 2 N–H and O–H groups in total. The zero-order chi connectivity index (χ0) is 17.1. The van der Waals surface area contributed by atoms with Crippen LogP contribution in [0.25, 0.3) is 10.9 Å². The fourth-order valence-electron chi connectivity index (χ4n) is 2.55. The molecule has 0 radical (unpaired) electrons. The van der Waals surface area contributed by atoms with Crippen molar-refractivity contribution in [2.45, 2.75) is 6.42 Å². The van der Waals surface area contributed by atoms with Gasteiger partial charge in [-0.25, -0.2) is 0 Å². The van der Waals surface area contributed by atoms with Crippen LogP contribution in [-0.2, 0) is 11.2 Å². The van der Waals surface area contributed by atoms with E-state index in [1.165, 1.54) is 0 Å². The number of methoxy groups -OCH3 is 2. The number of hydrogen-bond donors (Lipinski definition) is 2. The molecule has 2 aromatic carbocycles. The summed E-state index contributed by atoms with van der Waals surface area (Å²) in [7, 11) is 3.17. The van der Waals surface area contributed by atoms with Gasteiger partial charge in [0.1, 0.15) is 11.5 Å². The van der Waals surface area contributed by atoms with Crippen LogP contribution in [0.2, 0.25) is 5.02 Å². The first kappa shape index (κ1) is 16.2. The van der Waals surface area contributed by atoms with E-state index < -0.39 is 0 Å². The Morgan fingerprint density at radius 3 is 2.71 bits per heavy atom. The summed E-state index contributed by atoms with van der Waals surface area (Å²) in [5, 5.41) is 4.26. The summed E-state index contributed by atoms with van der Waals surface area (Å²) < 4.78 is 10.3. The minimum atomic E-state index is -0.125. The average Bonchev–Trinajstić information content (AvgIpc) is 2.97. The molecule has 0 aliphatic heterocycles. The summed E-state index contributed by atoms with van der Waals surface area (Å²) >= 11 is 6.07. The Morgan fingerprint density at radius 1 is 1.17 bits per heavy atom. The molecule has 5 nitrogen and oxygen atoms in total. The standard InChI is InChI=1S/C18H17ClN2O3/c1-23-13-4-5-16-14(9-13)11(10-20-16)7-18(22)21-12-3-6-17(24-2)15(19)8-12/h3-6,8-10,20H,7H2,1-2H3,(H,21,22). The number of anilines is 1. The molecule has 24 heavy (non-hydrogen) atoms. The molecule has 124 valence electrons. The summed E-state index contributed by atoms with van der Waals surface area (Å²) in [6.07, 6.45) is 2.08. The quantitative estimate of drug-likeness (QED) is 0.734. The molecule has 0 unspecified atom stereocenters. The second kappa shape index (κ2) is 6.84. The Bertz CT molecular complexity index is 889. The van der Waals surface area contributed by atoms with Crippen LogP contribution in [0.3, 0.4) is 0 Å². The normalized spacial score (nSPS) is 10.6. The van der Waals surface area contributed by atoms with Crippen LogP contribution in [-0.4, -0.2) is 25.1 Å². The number of H-pyrrole nitrogens is 1. The SMILES string of the molecule is COc1ccc2[nH]cc(CC(=O)Nc3ccc(OC)c(Cl)c3)c2c1. The van der Waals surface area contributed by atoms with Crippen LogP contribution in [0.1, 0.15) is 5.56 Å². The Kier molecular flexibility index (Phi) is 4.62. The summed E-state index contributed by atoms with van der Waals surface area (Å²) in [5.41, 5.74) is 2.50. The number of halogens is 1. The van der Waals surface area contributed by atoms with Gasteiger partial charge in [0.2, 0.25) is 5.91 Å². The number of ether oxygens (including phenoxy) is 2. The number of carbonyl (C=O) groups is 1. The molecular formula is C18H17ClN2O3. The Labute approximate surface area is 144 Å². The fraction of sp³-hybridized carbons (Fsp3) is 0.167. The van der Waals surface area contributed by atoms with Gasteiger partial charge in [0.05, 0.1) is 25.7 Å². The number of nitrogens with one attached hydrogen (secondary N) is 2. The second-order valence-electron chi connectivity index (χ2n) is 5.30. The van der Waals surface area contributed by atoms with Crippen LogP contribution < -0.4 is 14.8 Å². The van der Waals surface area contributed by atoms with Gasteiger partial charge in [-0.15, -0.1) is 0 Å². The van der Waals surface area contributed by atoms with Crippen molar-refractivity contribution in [3.8, 4) is 11.5 Å². The predicted octanol–water partition coefficient (Wildman–Crippen LogP) is 4.02. The van der Waals surface area contributed by atoms with Gasteiger partial charge in [-0.3, -0.25) is 4.79 Å². The van der Waals surface area contributed by atoms with Gasteiger partial charge in [-0.2, -0.15) is 0 Å². The molecule has 0 atom stereocenters. The van der Waals surface area contributed by atoms with Crippen molar-refractivity contribution in [1.29, 1.82) is 0 Å². The minimum Gasteiger partial charge on any atom is -0.497 e. The third kappa shape index (κ3) is 3.31. The molecule has 3 rings (SSSR count). The maximum Gasteiger partial charge on any atom is 0.228 e. The van der Waals surface area contributed by atoms with Gasteiger partial charge in [0, 0.05) is 22.8 Å². The number of carbonyl (C=O) groups excluding carboxylic acids is 1. The molecule has 0 spiro atoms. The van der Waals surface area contributed by atoms with Gasteiger partial charge in [0.25, 0.3) is 0 Å². The van der Waals surface area contributed by atoms with Crippen molar-refractivity contribution in [3.05, 3.63) is 53.2 Å². The number of amides is 1. The highest BCUT2D eigenvalue weighted by Crippen LogP contribution is 2.28. The van der Waals surface area contributed by atoms with Crippen LogP contribution in [0.4, 0.5) is 5.69 Å². The highest BCUT2D eigenvalue weighted by Gasteiger charge is 2.11. The smallest absolute Gasteiger partial charge is 0.228 e. The van der Waals surface area contributed by atoms with E-state index in [1.54, 1.807) is 32.4 Å². The number of hydrogen-bond acceptors (Lipinski definition) is 3. The third-order valence-corrected chi connectivity index (χ3v) is 4.06. The average molecular weight is 345 g/mol. The highest BCUT2D eigenvalue weighted by atomic mass is 35.5. The Morgan fingerprint density at radius 2 is 2.00 bits per heavy atom. The fourth-order valence-corrected chi connectivity index (χ4v) is 2.81. The lowest BCUT2D eigenvalue weighted by atomic mass is 10.1. The van der Waals surface area contributed by atoms with Crippen molar-refractivity contribution in [1.82, 2.24) is 4.98 Å². The molecule has 0 aliphatic rings. The van der Waals surface area contributed by atoms with E-state index >= 15 is 0 Å². The zero-order valence-corrected chi connectivity index (χ0v) is 14.1. The number of fused-ring (bicyclic) bond motifs is 1. The molecule has 0 bridgehead atoms. The molecule has 0 saturated carbocycles. The predicted molar refractivity (Wildman–Crippen MR) is 95.2 cm³/mol. The molecule has 1 heterocycles. The van der Waals surface area contributed by atoms with Crippen molar-refractivity contribution in [2.75, 3.05) is 19.5 Å². The van der Waals surface area contributed by atoms with E-state index in [9.17, 15) is 4.79 Å². The second-order valence-corrected chi connectivity index (χ2v) is 5.71. The van der Waals surface area contributed by atoms with Crippen LogP contribution >= 0.6 is 11.6 Å². The first-order chi connectivity index (χ1) is 11.6. The number of benzene rings is 2. The zero-order valence-electron chi connectivity index (χ0n) is 13.4. The van der Waals surface area contributed by atoms with Crippen LogP contribution in [0, 0.1) is 0 Å². The van der Waals surface area contributed by atoms with Crippen molar-refractivity contribution < 1.29 is 14.3 Å². The summed E-state index contributed by atoms with van der Waals surface area (Å²) in [6.45, 7) is 0. The summed E-state index contributed by atoms with van der Waals surface area (Å²) in [4.78, 5) is 15.5. The summed E-state index contributed by atoms with van der Waals surface area (Å²) in [6, 6.07) is 10.9. The Hall–Kier alpha value is -2.66. The maximum absolute atomic E-state index is 12.3. The first-order valence-corrected chi connectivity index (χ1v) is 7.76. The highest BCUT2D eigenvalue weighted by molar-refractivity contribution is 6.32. The topological polar surface area (TPSA) is 63.4 Å². The molecule has 0 fully saturated rings. The van der Waals surface area contributed by atoms with Crippen LogP contribution in [0.15, 0.2) is 42.6 Å². The number of aromatic nitrogens is 1. The van der Waals surface area contributed by atoms with Gasteiger partial charge < -0.3 is 19.8 Å². The molecule has 0 aliphatic carbocycles. The maximum atomic E-state index is 12.3. The van der Waals surface area contributed by atoms with Gasteiger partial charge in [-0.05, 0) is 42.0 Å². The monoisotopic (exact) mass is 344 g/mol. The first-order valence-electron chi connectivity index (χ1n) is 7.38. The summed E-state index contributed by atoms with van der Waals surface area (Å²) in [5.74, 6) is 1.20. The molecular weight excluding hydrogens is 328 g/mol. The molecule has 0 saturated heterocycles. The lowest BCUT2D eigenvalue weighted by Crippen LogP contribution is -2.14. The lowest BCUT2D eigenvalue weighted by Gasteiger charge is -2.08. The van der Waals surface area contributed by atoms with Crippen molar-refractivity contribution >= 4 is 34.1 Å². The van der Waals surface area contributed by atoms with Crippen LogP contribution in [0.5, 0.6) is 11.5 Å². The molecule has 1 amide bonds. The van der Waals surface area contributed by atoms with Gasteiger partial charge in [-0.1, -0.05) is 11.6 Å². The largest absolute Gasteiger partial charge is 0.497 e. The van der Waals surface area contributed by atoms with E-state index in [1.807, 2.05) is 24.4 Å². The third-order valence-electron chi connectivity index (χ3n) is 3.76. The van der Waals surface area contributed by atoms with E-state index in [0.717, 1.165) is 22.2 Å². The minimum absolute atomic E-state index is 0.125. The molecule has 1 aromatic heterocycles. The lowest BCUT2D eigenvalue weighted by molar-refractivity contribution is -0.115. The number of rotatable bonds is 5. The van der Waals surface area contributed by atoms with Crippen molar-refractivity contribution in [3.63, 3.8) is 0 Å². The number of aromatic amines is 1. The molecule has 3 aromatic rings. The van der Waals surface area contributed by atoms with Crippen molar-refractivity contribution in [2.24, 2.45) is 0 Å². The van der Waals surface area contributed by atoms with E-state index in [4.69, 9.17) is 21.1 Å². The van der Waals surface area contributed by atoms with Gasteiger partial charge >= 0.3 is 0 Å². The van der Waals surface area contributed by atoms with E-state index in [2.05, 4.69) is 10.3 Å². The van der Waals surface area contributed by atoms with Gasteiger partial charge in [0.15, 0.2) is 0 Å². The van der Waals surface area contributed by atoms with E-state index in [0.29, 0.717) is 16.5 Å².